The summed E-state index contributed by atoms with van der Waals surface area (Å²) in [6.45, 7) is 3.39. The minimum absolute atomic E-state index is 0.0145. The van der Waals surface area contributed by atoms with E-state index < -0.39 is 12.0 Å². The average Bonchev–Trinajstić information content (AvgIpc) is 2.58. The Kier molecular flexibility index (Phi) is 4.61. The highest BCUT2D eigenvalue weighted by molar-refractivity contribution is 5.81. The molecule has 1 aromatic heterocycles. The molecule has 3 fully saturated rings. The van der Waals surface area contributed by atoms with Gasteiger partial charge in [-0.2, -0.15) is 0 Å². The molecule has 1 spiro atoms. The number of amides is 1. The van der Waals surface area contributed by atoms with E-state index in [9.17, 15) is 18.7 Å². The van der Waals surface area contributed by atoms with Gasteiger partial charge in [-0.25, -0.2) is 13.8 Å². The molecule has 0 radical (unpaired) electrons. The molecule has 2 aliphatic carbocycles. The van der Waals surface area contributed by atoms with E-state index >= 15 is 0 Å². The Morgan fingerprint density at radius 3 is 2.48 bits per heavy atom. The molecule has 27 heavy (non-hydrogen) atoms. The molecular weight excluding hydrogens is 354 g/mol. The summed E-state index contributed by atoms with van der Waals surface area (Å²) < 4.78 is 31.0. The molecule has 1 saturated heterocycles. The third kappa shape index (κ3) is 3.79. The zero-order valence-electron chi connectivity index (χ0n) is 15.5. The summed E-state index contributed by atoms with van der Waals surface area (Å²) in [4.78, 5) is 18.3. The van der Waals surface area contributed by atoms with Crippen LogP contribution in [0.1, 0.15) is 57.4 Å². The van der Waals surface area contributed by atoms with Crippen LogP contribution in [0.4, 0.5) is 8.78 Å². The molecule has 0 atom stereocenters. The van der Waals surface area contributed by atoms with Gasteiger partial charge in [0, 0.05) is 42.2 Å². The molecule has 148 valence electrons. The maximum absolute atomic E-state index is 12.6. The lowest BCUT2D eigenvalue weighted by Gasteiger charge is -2.55. The number of ether oxygens (including phenoxy) is 1. The van der Waals surface area contributed by atoms with Crippen LogP contribution >= 0.6 is 0 Å². The lowest BCUT2D eigenvalue weighted by Crippen LogP contribution is -2.63. The minimum Gasteiger partial charge on any atom is -0.474 e. The van der Waals surface area contributed by atoms with Gasteiger partial charge in [0.05, 0.1) is 5.60 Å². The Morgan fingerprint density at radius 1 is 1.30 bits per heavy atom. The highest BCUT2D eigenvalue weighted by Gasteiger charge is 2.51. The smallest absolute Gasteiger partial charge is 0.265 e. The van der Waals surface area contributed by atoms with Gasteiger partial charge < -0.3 is 14.7 Å². The van der Waals surface area contributed by atoms with Gasteiger partial charge in [-0.05, 0) is 51.5 Å². The van der Waals surface area contributed by atoms with Crippen molar-refractivity contribution < 1.29 is 23.4 Å². The SMILES string of the molecule is C[C@]1(O)C[C@@H](C(=O)N2CC3(CCC(Oc4ccc(C(F)F)cn4)CC3)C2)C1. The maximum atomic E-state index is 12.6. The number of carbonyl (C=O) groups is 1. The van der Waals surface area contributed by atoms with Gasteiger partial charge in [0.2, 0.25) is 11.8 Å². The molecule has 7 heteroatoms. The van der Waals surface area contributed by atoms with Gasteiger partial charge in [-0.15, -0.1) is 0 Å². The second-order valence-corrected chi connectivity index (χ2v) is 8.84. The molecule has 1 aliphatic heterocycles. The number of aromatic nitrogens is 1. The first-order valence-electron chi connectivity index (χ1n) is 9.67. The largest absolute Gasteiger partial charge is 0.474 e. The third-order valence-electron chi connectivity index (χ3n) is 6.38. The molecule has 1 N–H and O–H groups in total. The molecule has 4 rings (SSSR count). The van der Waals surface area contributed by atoms with Gasteiger partial charge >= 0.3 is 0 Å². The fourth-order valence-corrected chi connectivity index (χ4v) is 4.75. The van der Waals surface area contributed by atoms with Crippen LogP contribution in [0, 0.1) is 11.3 Å². The standard InChI is InChI=1S/C20H26F2N2O3/c1-19(26)8-14(9-19)18(25)24-11-20(12-24)6-4-15(5-7-20)27-16-3-2-13(10-23-16)17(21)22/h2-3,10,14-15,17,26H,4-9,11-12H2,1H3/t14-,19+. The van der Waals surface area contributed by atoms with E-state index in [1.54, 1.807) is 6.92 Å². The van der Waals surface area contributed by atoms with E-state index in [2.05, 4.69) is 4.98 Å². The number of pyridine rings is 1. The Balaban J connectivity index is 1.22. The number of aliphatic hydroxyl groups is 1. The first kappa shape index (κ1) is 18.6. The van der Waals surface area contributed by atoms with Crippen LogP contribution in [-0.2, 0) is 4.79 Å². The van der Waals surface area contributed by atoms with Gasteiger partial charge in [0.15, 0.2) is 0 Å². The minimum atomic E-state index is -2.52. The van der Waals surface area contributed by atoms with Crippen molar-refractivity contribution in [3.8, 4) is 5.88 Å². The van der Waals surface area contributed by atoms with Crippen molar-refractivity contribution >= 4 is 5.91 Å². The van der Waals surface area contributed by atoms with Crippen LogP contribution in [-0.4, -0.2) is 45.7 Å². The van der Waals surface area contributed by atoms with Crippen molar-refractivity contribution in [2.45, 2.75) is 63.6 Å². The maximum Gasteiger partial charge on any atom is 0.265 e. The Labute approximate surface area is 157 Å². The molecule has 3 aliphatic rings. The summed E-state index contributed by atoms with van der Waals surface area (Å²) in [5, 5.41) is 9.81. The predicted octanol–water partition coefficient (Wildman–Crippen LogP) is 3.33. The topological polar surface area (TPSA) is 62.7 Å². The second-order valence-electron chi connectivity index (χ2n) is 8.84. The second kappa shape index (κ2) is 6.69. The summed E-state index contributed by atoms with van der Waals surface area (Å²) in [6.07, 6.45) is 3.61. The monoisotopic (exact) mass is 380 g/mol. The van der Waals surface area contributed by atoms with Crippen molar-refractivity contribution in [3.05, 3.63) is 23.9 Å². The van der Waals surface area contributed by atoms with Crippen LogP contribution in [0.2, 0.25) is 0 Å². The number of rotatable bonds is 4. The molecule has 1 amide bonds. The van der Waals surface area contributed by atoms with E-state index in [1.807, 2.05) is 4.90 Å². The van der Waals surface area contributed by atoms with Gasteiger partial charge in [-0.3, -0.25) is 4.79 Å². The van der Waals surface area contributed by atoms with Crippen LogP contribution in [0.25, 0.3) is 0 Å². The van der Waals surface area contributed by atoms with E-state index in [4.69, 9.17) is 4.74 Å². The summed E-state index contributed by atoms with van der Waals surface area (Å²) in [7, 11) is 0. The summed E-state index contributed by atoms with van der Waals surface area (Å²) in [6, 6.07) is 2.85. The average molecular weight is 380 g/mol. The first-order valence-corrected chi connectivity index (χ1v) is 9.67. The number of carbonyl (C=O) groups excluding carboxylic acids is 1. The van der Waals surface area contributed by atoms with E-state index in [-0.39, 0.29) is 28.9 Å². The van der Waals surface area contributed by atoms with Gasteiger partial charge in [-0.1, -0.05) is 0 Å². The van der Waals surface area contributed by atoms with Gasteiger partial charge in [0.1, 0.15) is 6.10 Å². The highest BCUT2D eigenvalue weighted by atomic mass is 19.3. The quantitative estimate of drug-likeness (QED) is 0.870. The molecule has 0 aromatic carbocycles. The Bertz CT molecular complexity index is 684. The zero-order valence-corrected chi connectivity index (χ0v) is 15.5. The highest BCUT2D eigenvalue weighted by Crippen LogP contribution is 2.47. The van der Waals surface area contributed by atoms with Crippen LogP contribution < -0.4 is 4.74 Å². The molecule has 2 heterocycles. The van der Waals surface area contributed by atoms with Crippen molar-refractivity contribution in [1.29, 1.82) is 0 Å². The normalized spacial score (nSPS) is 30.1. The lowest BCUT2D eigenvalue weighted by molar-refractivity contribution is -0.164. The van der Waals surface area contributed by atoms with Crippen molar-refractivity contribution in [2.24, 2.45) is 11.3 Å². The zero-order chi connectivity index (χ0) is 19.2. The van der Waals surface area contributed by atoms with Gasteiger partial charge in [0.25, 0.3) is 6.43 Å². The Morgan fingerprint density at radius 2 is 1.96 bits per heavy atom. The molecule has 0 bridgehead atoms. The van der Waals surface area contributed by atoms with Crippen molar-refractivity contribution in [2.75, 3.05) is 13.1 Å². The summed E-state index contributed by atoms with van der Waals surface area (Å²) in [5.41, 5.74) is -0.564. The fraction of sp³-hybridized carbons (Fsp3) is 0.700. The molecule has 1 aromatic rings. The number of halogens is 2. The number of nitrogens with zero attached hydrogens (tertiary/aromatic N) is 2. The van der Waals surface area contributed by atoms with E-state index in [0.29, 0.717) is 18.7 Å². The van der Waals surface area contributed by atoms with Crippen LogP contribution in [0.15, 0.2) is 18.3 Å². The first-order chi connectivity index (χ1) is 12.8. The third-order valence-corrected chi connectivity index (χ3v) is 6.38. The predicted molar refractivity (Wildman–Crippen MR) is 94.4 cm³/mol. The number of hydrogen-bond acceptors (Lipinski definition) is 4. The fourth-order valence-electron chi connectivity index (χ4n) is 4.75. The van der Waals surface area contributed by atoms with Crippen molar-refractivity contribution in [3.63, 3.8) is 0 Å². The Hall–Kier alpha value is -1.76. The summed E-state index contributed by atoms with van der Waals surface area (Å²) in [5.74, 6) is 0.566. The number of hydrogen-bond donors (Lipinski definition) is 1. The molecular formula is C20H26F2N2O3. The summed E-state index contributed by atoms with van der Waals surface area (Å²) >= 11 is 0. The number of alkyl halides is 2. The molecule has 2 saturated carbocycles. The van der Waals surface area contributed by atoms with Crippen LogP contribution in [0.3, 0.4) is 0 Å². The van der Waals surface area contributed by atoms with Crippen molar-refractivity contribution in [1.82, 2.24) is 9.88 Å². The lowest BCUT2D eigenvalue weighted by atomic mass is 9.66. The van der Waals surface area contributed by atoms with E-state index in [0.717, 1.165) is 45.0 Å². The van der Waals surface area contributed by atoms with Crippen LogP contribution in [0.5, 0.6) is 5.88 Å². The molecule has 0 unspecified atom stereocenters. The van der Waals surface area contributed by atoms with E-state index in [1.165, 1.54) is 12.1 Å². The number of likely N-dealkylation sites (tertiary alicyclic amines) is 1. The molecule has 5 nitrogen and oxygen atoms in total.